The van der Waals surface area contributed by atoms with E-state index in [0.717, 1.165) is 4.88 Å². The van der Waals surface area contributed by atoms with Crippen LogP contribution in [0.15, 0.2) is 12.1 Å². The van der Waals surface area contributed by atoms with Crippen molar-refractivity contribution in [2.75, 3.05) is 25.4 Å². The molecule has 6 nitrogen and oxygen atoms in total. The summed E-state index contributed by atoms with van der Waals surface area (Å²) in [6.07, 6.45) is 0. The zero-order chi connectivity index (χ0) is 16.1. The normalized spacial score (nSPS) is 17.6. The number of amides is 2. The van der Waals surface area contributed by atoms with Crippen LogP contribution in [0.1, 0.15) is 22.1 Å². The van der Waals surface area contributed by atoms with E-state index in [0.29, 0.717) is 5.75 Å². The number of thiophene rings is 1. The highest BCUT2D eigenvalue weighted by atomic mass is 32.2. The van der Waals surface area contributed by atoms with Crippen molar-refractivity contribution in [2.45, 2.75) is 19.2 Å². The third-order valence-corrected chi connectivity index (χ3v) is 5.46. The minimum atomic E-state index is -0.483. The Morgan fingerprint density at radius 1 is 1.45 bits per heavy atom. The van der Waals surface area contributed by atoms with Crippen molar-refractivity contribution in [3.63, 3.8) is 0 Å². The Labute approximate surface area is 137 Å². The molecule has 1 fully saturated rings. The predicted molar refractivity (Wildman–Crippen MR) is 85.6 cm³/mol. The summed E-state index contributed by atoms with van der Waals surface area (Å²) in [6, 6.07) is 3.99. The molecule has 0 saturated carbocycles. The quantitative estimate of drug-likeness (QED) is 0.789. The number of nitrogens with zero attached hydrogens (tertiary/aromatic N) is 1. The standard InChI is InChI=1S/C14H18N2O4S2/c1-3-20-13(19)6-15-11(17)7-16-12(18)8-21-14(16)10-5-4-9(2)22-10/h4-5,14H,3,6-8H2,1-2H3,(H,15,17). The van der Waals surface area contributed by atoms with Crippen molar-refractivity contribution in [3.05, 3.63) is 21.9 Å². The van der Waals surface area contributed by atoms with Gasteiger partial charge in [0.15, 0.2) is 0 Å². The van der Waals surface area contributed by atoms with Crippen molar-refractivity contribution in [1.29, 1.82) is 0 Å². The number of carbonyl (C=O) groups excluding carboxylic acids is 3. The SMILES string of the molecule is CCOC(=O)CNC(=O)CN1C(=O)CSC1c1ccc(C)s1. The fourth-order valence-electron chi connectivity index (χ4n) is 2.04. The van der Waals surface area contributed by atoms with Crippen LogP contribution in [-0.4, -0.2) is 48.1 Å². The van der Waals surface area contributed by atoms with E-state index >= 15 is 0 Å². The van der Waals surface area contributed by atoms with Crippen LogP contribution in [0.2, 0.25) is 0 Å². The highest BCUT2D eigenvalue weighted by molar-refractivity contribution is 8.00. The van der Waals surface area contributed by atoms with Crippen molar-refractivity contribution in [3.8, 4) is 0 Å². The molecule has 1 saturated heterocycles. The molecule has 2 rings (SSSR count). The Morgan fingerprint density at radius 2 is 2.23 bits per heavy atom. The first-order valence-corrected chi connectivity index (χ1v) is 8.77. The summed E-state index contributed by atoms with van der Waals surface area (Å²) in [5.41, 5.74) is 0. The van der Waals surface area contributed by atoms with Crippen LogP contribution in [0.5, 0.6) is 0 Å². The maximum absolute atomic E-state index is 12.0. The van der Waals surface area contributed by atoms with Crippen LogP contribution in [0.3, 0.4) is 0 Å². The van der Waals surface area contributed by atoms with Gasteiger partial charge in [0.05, 0.1) is 12.4 Å². The van der Waals surface area contributed by atoms with E-state index in [2.05, 4.69) is 5.32 Å². The molecule has 0 aromatic carbocycles. The molecule has 1 aromatic heterocycles. The van der Waals surface area contributed by atoms with Crippen molar-refractivity contribution in [1.82, 2.24) is 10.2 Å². The van der Waals surface area contributed by atoms with Gasteiger partial charge >= 0.3 is 5.97 Å². The maximum atomic E-state index is 12.0. The lowest BCUT2D eigenvalue weighted by molar-refractivity contribution is -0.143. The van der Waals surface area contributed by atoms with Gasteiger partial charge in [-0.3, -0.25) is 14.4 Å². The average molecular weight is 342 g/mol. The molecule has 1 N–H and O–H groups in total. The highest BCUT2D eigenvalue weighted by Gasteiger charge is 2.34. The molecule has 0 spiro atoms. The molecular formula is C14H18N2O4S2. The third-order valence-electron chi connectivity index (χ3n) is 3.02. The van der Waals surface area contributed by atoms with Crippen LogP contribution in [-0.2, 0) is 19.1 Å². The number of hydrogen-bond donors (Lipinski definition) is 1. The van der Waals surface area contributed by atoms with Crippen molar-refractivity contribution in [2.24, 2.45) is 0 Å². The van der Waals surface area contributed by atoms with Gasteiger partial charge in [0, 0.05) is 9.75 Å². The van der Waals surface area contributed by atoms with Gasteiger partial charge in [-0.1, -0.05) is 0 Å². The van der Waals surface area contributed by atoms with Gasteiger partial charge in [-0.15, -0.1) is 23.1 Å². The summed E-state index contributed by atoms with van der Waals surface area (Å²) in [7, 11) is 0. The number of nitrogens with one attached hydrogen (secondary N) is 1. The maximum Gasteiger partial charge on any atom is 0.325 e. The van der Waals surface area contributed by atoms with Gasteiger partial charge in [0.2, 0.25) is 11.8 Å². The van der Waals surface area contributed by atoms with Gasteiger partial charge in [0.25, 0.3) is 0 Å². The van der Waals surface area contributed by atoms with Gasteiger partial charge in [-0.05, 0) is 26.0 Å². The smallest absolute Gasteiger partial charge is 0.325 e. The molecule has 120 valence electrons. The number of thioether (sulfide) groups is 1. The summed E-state index contributed by atoms with van der Waals surface area (Å²) in [6.45, 7) is 3.76. The molecule has 2 amide bonds. The van der Waals surface area contributed by atoms with Gasteiger partial charge in [0.1, 0.15) is 18.5 Å². The Bertz CT molecular complexity index is 573. The third kappa shape index (κ3) is 4.23. The summed E-state index contributed by atoms with van der Waals surface area (Å²) in [5, 5.41) is 2.35. The molecule has 0 radical (unpaired) electrons. The average Bonchev–Trinajstić information content (AvgIpc) is 3.04. The molecule has 1 aromatic rings. The van der Waals surface area contributed by atoms with Crippen molar-refractivity contribution >= 4 is 40.9 Å². The lowest BCUT2D eigenvalue weighted by atomic mass is 10.3. The number of aryl methyl sites for hydroxylation is 1. The monoisotopic (exact) mass is 342 g/mol. The van der Waals surface area contributed by atoms with Gasteiger partial charge < -0.3 is 15.0 Å². The minimum absolute atomic E-state index is 0.0488. The number of hydrogen-bond acceptors (Lipinski definition) is 6. The van der Waals surface area contributed by atoms with Crippen LogP contribution < -0.4 is 5.32 Å². The minimum Gasteiger partial charge on any atom is -0.465 e. The first kappa shape index (κ1) is 16.8. The second kappa shape index (κ2) is 7.64. The van der Waals surface area contributed by atoms with E-state index in [-0.39, 0.29) is 36.9 Å². The molecule has 22 heavy (non-hydrogen) atoms. The van der Waals surface area contributed by atoms with Crippen LogP contribution in [0.25, 0.3) is 0 Å². The van der Waals surface area contributed by atoms with E-state index in [1.807, 2.05) is 19.1 Å². The Hall–Kier alpha value is -1.54. The van der Waals surface area contributed by atoms with Gasteiger partial charge in [-0.25, -0.2) is 0 Å². The summed E-state index contributed by atoms with van der Waals surface area (Å²) in [4.78, 5) is 38.9. The second-order valence-corrected chi connectivity index (χ2v) is 7.10. The fraction of sp³-hybridized carbons (Fsp3) is 0.500. The number of ether oxygens (including phenoxy) is 1. The van der Waals surface area contributed by atoms with Crippen LogP contribution in [0.4, 0.5) is 0 Å². The first-order chi connectivity index (χ1) is 10.5. The Kier molecular flexibility index (Phi) is 5.84. The van der Waals surface area contributed by atoms with Crippen LogP contribution >= 0.6 is 23.1 Å². The van der Waals surface area contributed by atoms with Crippen molar-refractivity contribution < 1.29 is 19.1 Å². The topological polar surface area (TPSA) is 75.7 Å². The van der Waals surface area contributed by atoms with Gasteiger partial charge in [-0.2, -0.15) is 0 Å². The molecular weight excluding hydrogens is 324 g/mol. The Morgan fingerprint density at radius 3 is 2.86 bits per heavy atom. The van der Waals surface area contributed by atoms with Crippen LogP contribution in [0, 0.1) is 6.92 Å². The highest BCUT2D eigenvalue weighted by Crippen LogP contribution is 2.41. The van der Waals surface area contributed by atoms with E-state index in [4.69, 9.17) is 4.74 Å². The molecule has 1 unspecified atom stereocenters. The molecule has 1 aliphatic heterocycles. The largest absolute Gasteiger partial charge is 0.465 e. The zero-order valence-electron chi connectivity index (χ0n) is 12.5. The van der Waals surface area contributed by atoms with E-state index in [9.17, 15) is 14.4 Å². The lowest BCUT2D eigenvalue weighted by Crippen LogP contribution is -2.41. The summed E-state index contributed by atoms with van der Waals surface area (Å²) >= 11 is 3.14. The molecule has 1 aliphatic rings. The second-order valence-electron chi connectivity index (χ2n) is 4.72. The number of rotatable bonds is 6. The number of esters is 1. The molecule has 1 atom stereocenters. The Balaban J connectivity index is 1.92. The van der Waals surface area contributed by atoms with E-state index < -0.39 is 5.97 Å². The lowest BCUT2D eigenvalue weighted by Gasteiger charge is -2.22. The molecule has 8 heteroatoms. The number of carbonyl (C=O) groups is 3. The van der Waals surface area contributed by atoms with E-state index in [1.54, 1.807) is 23.2 Å². The zero-order valence-corrected chi connectivity index (χ0v) is 14.1. The molecule has 0 aliphatic carbocycles. The summed E-state index contributed by atoms with van der Waals surface area (Å²) in [5.74, 6) is -0.537. The summed E-state index contributed by atoms with van der Waals surface area (Å²) < 4.78 is 4.74. The molecule has 0 bridgehead atoms. The molecule has 2 heterocycles. The first-order valence-electron chi connectivity index (χ1n) is 6.91. The fourth-order valence-corrected chi connectivity index (χ4v) is 4.34. The predicted octanol–water partition coefficient (Wildman–Crippen LogP) is 1.31. The van der Waals surface area contributed by atoms with E-state index in [1.165, 1.54) is 16.6 Å².